The number of ether oxygens (including phenoxy) is 1. The number of esters is 1. The molecule has 0 aliphatic carbocycles. The Kier molecular flexibility index (Phi) is 5.03. The van der Waals surface area contributed by atoms with Crippen LogP contribution in [0, 0.1) is 0 Å². The monoisotopic (exact) mass is 174 g/mol. The molecule has 0 aliphatic heterocycles. The highest BCUT2D eigenvalue weighted by Crippen LogP contribution is 1.89. The van der Waals surface area contributed by atoms with E-state index in [0.717, 1.165) is 0 Å². The number of carbonyl (C=O) groups excluding carboxylic acids is 2. The standard InChI is InChI=1S/C7H14N2O3/c1-9(6(10)5-8)4-3-7(11)12-2/h3-5,8H2,1-2H3. The average Bonchev–Trinajstić information content (AvgIpc) is 2.11. The highest BCUT2D eigenvalue weighted by atomic mass is 16.5. The predicted molar refractivity (Wildman–Crippen MR) is 43.3 cm³/mol. The number of amides is 1. The van der Waals surface area contributed by atoms with Gasteiger partial charge >= 0.3 is 5.97 Å². The van der Waals surface area contributed by atoms with Crippen molar-refractivity contribution in [2.45, 2.75) is 6.42 Å². The smallest absolute Gasteiger partial charge is 0.307 e. The van der Waals surface area contributed by atoms with Gasteiger partial charge in [0, 0.05) is 13.6 Å². The highest BCUT2D eigenvalue weighted by molar-refractivity contribution is 5.78. The minimum atomic E-state index is -0.327. The Morgan fingerprint density at radius 3 is 2.50 bits per heavy atom. The van der Waals surface area contributed by atoms with Crippen LogP contribution in [-0.4, -0.2) is 44.0 Å². The molecule has 1 amide bonds. The lowest BCUT2D eigenvalue weighted by atomic mass is 10.4. The SMILES string of the molecule is COC(=O)CCN(C)C(=O)CN. The Hall–Kier alpha value is -1.10. The third-order valence-corrected chi connectivity index (χ3v) is 1.48. The van der Waals surface area contributed by atoms with Crippen LogP contribution in [0.3, 0.4) is 0 Å². The lowest BCUT2D eigenvalue weighted by Crippen LogP contribution is -2.34. The van der Waals surface area contributed by atoms with E-state index >= 15 is 0 Å². The Balaban J connectivity index is 3.63. The summed E-state index contributed by atoms with van der Waals surface area (Å²) in [6.45, 7) is 0.320. The average molecular weight is 174 g/mol. The van der Waals surface area contributed by atoms with Crippen molar-refractivity contribution in [3.05, 3.63) is 0 Å². The fourth-order valence-corrected chi connectivity index (χ4v) is 0.642. The first-order valence-corrected chi connectivity index (χ1v) is 3.62. The Bertz CT molecular complexity index is 170. The van der Waals surface area contributed by atoms with Crippen LogP contribution in [0.15, 0.2) is 0 Å². The van der Waals surface area contributed by atoms with Crippen LogP contribution in [0.4, 0.5) is 0 Å². The van der Waals surface area contributed by atoms with Gasteiger partial charge in [-0.15, -0.1) is 0 Å². The van der Waals surface area contributed by atoms with Gasteiger partial charge in [0.05, 0.1) is 20.1 Å². The lowest BCUT2D eigenvalue weighted by Gasteiger charge is -2.14. The summed E-state index contributed by atoms with van der Waals surface area (Å²) in [7, 11) is 2.91. The normalized spacial score (nSPS) is 9.25. The number of likely N-dealkylation sites (N-methyl/N-ethyl adjacent to an activating group) is 1. The van der Waals surface area contributed by atoms with E-state index in [1.165, 1.54) is 12.0 Å². The Morgan fingerprint density at radius 2 is 2.08 bits per heavy atom. The van der Waals surface area contributed by atoms with Crippen LogP contribution in [-0.2, 0) is 14.3 Å². The fourth-order valence-electron chi connectivity index (χ4n) is 0.642. The van der Waals surface area contributed by atoms with Gasteiger partial charge in [-0.05, 0) is 0 Å². The summed E-state index contributed by atoms with van der Waals surface area (Å²) in [5, 5.41) is 0. The molecular formula is C7H14N2O3. The van der Waals surface area contributed by atoms with Crippen LogP contribution < -0.4 is 5.73 Å². The molecule has 0 rings (SSSR count). The zero-order valence-corrected chi connectivity index (χ0v) is 7.37. The number of hydrogen-bond donors (Lipinski definition) is 1. The van der Waals surface area contributed by atoms with Crippen molar-refractivity contribution < 1.29 is 14.3 Å². The van der Waals surface area contributed by atoms with Gasteiger partial charge in [0.25, 0.3) is 0 Å². The number of nitrogens with zero attached hydrogens (tertiary/aromatic N) is 1. The third-order valence-electron chi connectivity index (χ3n) is 1.48. The highest BCUT2D eigenvalue weighted by Gasteiger charge is 2.08. The van der Waals surface area contributed by atoms with E-state index in [4.69, 9.17) is 5.73 Å². The second-order valence-electron chi connectivity index (χ2n) is 2.35. The summed E-state index contributed by atoms with van der Waals surface area (Å²) in [6, 6.07) is 0. The van der Waals surface area contributed by atoms with Crippen molar-refractivity contribution in [3.8, 4) is 0 Å². The van der Waals surface area contributed by atoms with Gasteiger partial charge < -0.3 is 15.4 Å². The Morgan fingerprint density at radius 1 is 1.50 bits per heavy atom. The molecule has 70 valence electrons. The molecule has 5 heteroatoms. The second kappa shape index (κ2) is 5.54. The van der Waals surface area contributed by atoms with Crippen LogP contribution in [0.2, 0.25) is 0 Å². The molecule has 0 saturated carbocycles. The van der Waals surface area contributed by atoms with E-state index in [1.807, 2.05) is 0 Å². The van der Waals surface area contributed by atoms with Gasteiger partial charge in [-0.3, -0.25) is 9.59 Å². The van der Waals surface area contributed by atoms with Crippen LogP contribution in [0.1, 0.15) is 6.42 Å². The van der Waals surface area contributed by atoms with Gasteiger partial charge in [-0.25, -0.2) is 0 Å². The molecule has 0 heterocycles. The quantitative estimate of drug-likeness (QED) is 0.553. The van der Waals surface area contributed by atoms with Crippen LogP contribution in [0.25, 0.3) is 0 Å². The molecule has 0 unspecified atom stereocenters. The summed E-state index contributed by atoms with van der Waals surface area (Å²) in [4.78, 5) is 22.9. The Labute approximate surface area is 71.5 Å². The maximum absolute atomic E-state index is 10.9. The molecule has 0 fully saturated rings. The largest absolute Gasteiger partial charge is 0.469 e. The number of nitrogens with two attached hydrogens (primary N) is 1. The lowest BCUT2D eigenvalue weighted by molar-refractivity contribution is -0.141. The van der Waals surface area contributed by atoms with E-state index in [0.29, 0.717) is 6.54 Å². The van der Waals surface area contributed by atoms with E-state index in [-0.39, 0.29) is 24.8 Å². The van der Waals surface area contributed by atoms with Crippen molar-refractivity contribution in [2.75, 3.05) is 27.2 Å². The molecule has 0 atom stereocenters. The van der Waals surface area contributed by atoms with E-state index < -0.39 is 0 Å². The molecule has 5 nitrogen and oxygen atoms in total. The van der Waals surface area contributed by atoms with Gasteiger partial charge in [-0.2, -0.15) is 0 Å². The summed E-state index contributed by atoms with van der Waals surface area (Å²) in [5.41, 5.74) is 5.10. The topological polar surface area (TPSA) is 72.6 Å². The first-order valence-electron chi connectivity index (χ1n) is 3.62. The van der Waals surface area contributed by atoms with Gasteiger partial charge in [-0.1, -0.05) is 0 Å². The molecule has 0 saturated heterocycles. The van der Waals surface area contributed by atoms with Crippen molar-refractivity contribution >= 4 is 11.9 Å². The van der Waals surface area contributed by atoms with E-state index in [1.54, 1.807) is 7.05 Å². The first-order chi connectivity index (χ1) is 5.61. The van der Waals surface area contributed by atoms with Crippen molar-refractivity contribution in [1.29, 1.82) is 0 Å². The molecule has 0 bridgehead atoms. The third kappa shape index (κ3) is 3.92. The minimum Gasteiger partial charge on any atom is -0.469 e. The molecule has 0 radical (unpaired) electrons. The predicted octanol–water partition coefficient (Wildman–Crippen LogP) is -1.03. The molecule has 0 spiro atoms. The zero-order chi connectivity index (χ0) is 9.56. The van der Waals surface area contributed by atoms with Crippen molar-refractivity contribution in [1.82, 2.24) is 4.90 Å². The molecule has 0 aliphatic rings. The van der Waals surface area contributed by atoms with Gasteiger partial charge in [0.2, 0.25) is 5.91 Å². The summed E-state index contributed by atoms with van der Waals surface area (Å²) >= 11 is 0. The molecular weight excluding hydrogens is 160 g/mol. The van der Waals surface area contributed by atoms with Gasteiger partial charge in [0.1, 0.15) is 0 Å². The fraction of sp³-hybridized carbons (Fsp3) is 0.714. The zero-order valence-electron chi connectivity index (χ0n) is 7.37. The maximum atomic E-state index is 10.9. The summed E-state index contributed by atoms with van der Waals surface area (Å²) in [6.07, 6.45) is 0.207. The van der Waals surface area contributed by atoms with Gasteiger partial charge in [0.15, 0.2) is 0 Å². The number of rotatable bonds is 4. The summed E-state index contributed by atoms with van der Waals surface area (Å²) in [5.74, 6) is -0.509. The molecule has 0 aromatic heterocycles. The number of methoxy groups -OCH3 is 1. The molecule has 0 aromatic carbocycles. The number of carbonyl (C=O) groups is 2. The second-order valence-corrected chi connectivity index (χ2v) is 2.35. The molecule has 0 aromatic rings. The van der Waals surface area contributed by atoms with Crippen molar-refractivity contribution in [3.63, 3.8) is 0 Å². The minimum absolute atomic E-state index is 0.0301. The number of hydrogen-bond acceptors (Lipinski definition) is 4. The van der Waals surface area contributed by atoms with Crippen molar-refractivity contribution in [2.24, 2.45) is 5.73 Å². The molecule has 12 heavy (non-hydrogen) atoms. The van der Waals surface area contributed by atoms with E-state index in [9.17, 15) is 9.59 Å². The van der Waals surface area contributed by atoms with E-state index in [2.05, 4.69) is 4.74 Å². The molecule has 2 N–H and O–H groups in total. The van der Waals surface area contributed by atoms with Crippen LogP contribution in [0.5, 0.6) is 0 Å². The summed E-state index contributed by atoms with van der Waals surface area (Å²) < 4.78 is 4.41. The first kappa shape index (κ1) is 10.9. The van der Waals surface area contributed by atoms with Crippen LogP contribution >= 0.6 is 0 Å². The maximum Gasteiger partial charge on any atom is 0.307 e.